The van der Waals surface area contributed by atoms with Crippen molar-refractivity contribution in [1.29, 1.82) is 0 Å². The molecule has 36 atom stereocenters. The molecule has 1 N–H and O–H groups in total. The Hall–Kier alpha value is -5.23. The van der Waals surface area contributed by atoms with Crippen molar-refractivity contribution in [1.82, 2.24) is 0 Å². The molecule has 8 heterocycles. The Morgan fingerprint density at radius 2 is 0.733 bits per heavy atom. The summed E-state index contributed by atoms with van der Waals surface area (Å²) in [6.07, 6.45) is -16.5. The molecule has 8 aliphatic rings. The number of esters is 1. The van der Waals surface area contributed by atoms with Gasteiger partial charge in [0, 0.05) is 36.2 Å². The van der Waals surface area contributed by atoms with Crippen molar-refractivity contribution in [3.05, 3.63) is 179 Å². The van der Waals surface area contributed by atoms with Gasteiger partial charge in [0.2, 0.25) is 0 Å². The lowest BCUT2D eigenvalue weighted by Crippen LogP contribution is -2.67. The van der Waals surface area contributed by atoms with Gasteiger partial charge in [0.15, 0.2) is 56.4 Å². The van der Waals surface area contributed by atoms with Gasteiger partial charge in [-0.3, -0.25) is 4.79 Å². The Bertz CT molecular complexity index is 3700. The second-order valence-corrected chi connectivity index (χ2v) is 34.5. The first kappa shape index (κ1) is 88.6. The normalized spacial score (nSPS) is 40.8. The van der Waals surface area contributed by atoms with Crippen molar-refractivity contribution in [2.24, 2.45) is 71.0 Å². The predicted octanol–water partition coefficient (Wildman–Crippen LogP) is 15.5. The van der Waals surface area contributed by atoms with Crippen molar-refractivity contribution in [2.75, 3.05) is 26.4 Å². The van der Waals surface area contributed by atoms with Crippen LogP contribution in [0, 0.1) is 71.0 Å². The molecule has 5 aromatic rings. The maximum absolute atomic E-state index is 13.0. The Morgan fingerprint density at radius 3 is 1.31 bits per heavy atom. The summed E-state index contributed by atoms with van der Waals surface area (Å²) in [4.78, 5) is 13.0. The highest BCUT2D eigenvalue weighted by Gasteiger charge is 2.59. The predicted molar refractivity (Wildman–Crippen MR) is 432 cm³/mol. The van der Waals surface area contributed by atoms with Gasteiger partial charge >= 0.3 is 5.97 Å². The van der Waals surface area contributed by atoms with Crippen LogP contribution in [0.25, 0.3) is 0 Å². The molecule has 22 heteroatoms. The molecular formula is C94H132O22. The van der Waals surface area contributed by atoms with Crippen LogP contribution < -0.4 is 0 Å². The zero-order valence-electron chi connectivity index (χ0n) is 71.0. The van der Waals surface area contributed by atoms with E-state index in [1.165, 1.54) is 6.92 Å². The number of aliphatic hydroxyl groups is 1. The molecule has 0 bridgehead atoms. The first-order valence-corrected chi connectivity index (χ1v) is 43.3. The molecule has 0 aromatic heterocycles. The highest BCUT2D eigenvalue weighted by atomic mass is 16.8. The molecule has 0 spiro atoms. The van der Waals surface area contributed by atoms with Gasteiger partial charge < -0.3 is 99.8 Å². The summed E-state index contributed by atoms with van der Waals surface area (Å²) in [5.74, 6) is -2.28. The number of ether oxygens (including phenoxy) is 20. The van der Waals surface area contributed by atoms with E-state index in [4.69, 9.17) is 94.7 Å². The van der Waals surface area contributed by atoms with Crippen LogP contribution in [0.2, 0.25) is 0 Å². The number of fused-ring (bicyclic) bond motifs is 1. The minimum absolute atomic E-state index is 0.0263. The molecule has 8 aliphatic heterocycles. The number of benzene rings is 5. The maximum atomic E-state index is 13.0. The van der Waals surface area contributed by atoms with Crippen LogP contribution in [0.5, 0.6) is 0 Å². The summed E-state index contributed by atoms with van der Waals surface area (Å²) >= 11 is 0. The van der Waals surface area contributed by atoms with Crippen molar-refractivity contribution in [2.45, 2.75) is 304 Å². The summed E-state index contributed by atoms with van der Waals surface area (Å²) in [5, 5.41) is 12.2. The molecule has 0 amide bonds. The first-order chi connectivity index (χ1) is 56.1. The summed E-state index contributed by atoms with van der Waals surface area (Å²) in [6, 6.07) is 50.2. The number of carbonyl (C=O) groups is 1. The third-order valence-corrected chi connectivity index (χ3v) is 27.0. The highest BCUT2D eigenvalue weighted by molar-refractivity contribution is 5.66. The molecule has 640 valence electrons. The van der Waals surface area contributed by atoms with Crippen LogP contribution in [-0.4, -0.2) is 179 Å². The van der Waals surface area contributed by atoms with Crippen LogP contribution in [0.1, 0.15) is 164 Å². The Kier molecular flexibility index (Phi) is 31.7. The average molecular weight is 1610 g/mol. The SMILES string of the molecule is CCC1O[C@@H](O[C@@H]2C(OCc3ccccc3)[C@H](O[C@@H]3C(COCc4ccccc4)O[C@@H](OCc4ccccc4)C(C)[C@H]3C)OC(CO[C@H]3OC(CC)[C@@H](C)[C@H](C)C3O)[C@H]2O[C@@H]2OC3COC(c4ccccc4)O[C@H]3[C@H](C)C2C)[C@@H](O[C@@H]2OC(CC)[C@@H](O[C@@H]3OC(COCc4ccccc4)[C@H](C)[C@H](C)C3OC(C)=O)[C@H](C)C2C)C(C)[C@H]1C. The third kappa shape index (κ3) is 21.1. The van der Waals surface area contributed by atoms with E-state index in [0.717, 1.165) is 27.8 Å². The molecular weight excluding hydrogens is 1480 g/mol. The topological polar surface area (TPSA) is 222 Å². The van der Waals surface area contributed by atoms with Crippen LogP contribution in [0.3, 0.4) is 0 Å². The fourth-order valence-corrected chi connectivity index (χ4v) is 18.3. The molecule has 15 unspecified atom stereocenters. The van der Waals surface area contributed by atoms with E-state index in [0.29, 0.717) is 45.7 Å². The molecule has 13 rings (SSSR count). The van der Waals surface area contributed by atoms with Gasteiger partial charge in [-0.05, 0) is 88.9 Å². The fraction of sp³-hybridized carbons (Fsp3) is 0.670. The van der Waals surface area contributed by atoms with Gasteiger partial charge in [-0.15, -0.1) is 0 Å². The molecule has 8 fully saturated rings. The van der Waals surface area contributed by atoms with E-state index in [1.807, 2.05) is 159 Å². The van der Waals surface area contributed by atoms with E-state index >= 15 is 0 Å². The molecule has 116 heavy (non-hydrogen) atoms. The summed E-state index contributed by atoms with van der Waals surface area (Å²) in [6.45, 7) is 35.1. The Labute approximate surface area is 688 Å². The van der Waals surface area contributed by atoms with Crippen LogP contribution in [0.15, 0.2) is 152 Å². The van der Waals surface area contributed by atoms with Crippen LogP contribution in [0.4, 0.5) is 0 Å². The van der Waals surface area contributed by atoms with Gasteiger partial charge in [-0.1, -0.05) is 256 Å². The van der Waals surface area contributed by atoms with E-state index in [-0.39, 0.29) is 122 Å². The van der Waals surface area contributed by atoms with Gasteiger partial charge in [-0.2, -0.15) is 0 Å². The smallest absolute Gasteiger partial charge is 0.303 e. The molecule has 0 radical (unpaired) electrons. The Balaban J connectivity index is 0.870. The lowest BCUT2D eigenvalue weighted by Gasteiger charge is -2.54. The summed E-state index contributed by atoms with van der Waals surface area (Å²) in [7, 11) is 0. The van der Waals surface area contributed by atoms with Gasteiger partial charge in [-0.25, -0.2) is 0 Å². The fourth-order valence-electron chi connectivity index (χ4n) is 18.3. The van der Waals surface area contributed by atoms with Crippen molar-refractivity contribution >= 4 is 5.97 Å². The molecule has 8 saturated heterocycles. The lowest BCUT2D eigenvalue weighted by atomic mass is 9.81. The quantitative estimate of drug-likeness (QED) is 0.0395. The molecule has 0 saturated carbocycles. The molecule has 0 aliphatic carbocycles. The summed E-state index contributed by atoms with van der Waals surface area (Å²) < 4.78 is 143. The van der Waals surface area contributed by atoms with Crippen molar-refractivity contribution in [3.63, 3.8) is 0 Å². The van der Waals surface area contributed by atoms with Crippen molar-refractivity contribution in [3.8, 4) is 0 Å². The number of hydrogen-bond acceptors (Lipinski definition) is 22. The number of carbonyl (C=O) groups excluding carboxylic acids is 1. The number of rotatable bonds is 32. The minimum atomic E-state index is -1.26. The number of hydrogen-bond donors (Lipinski definition) is 1. The van der Waals surface area contributed by atoms with E-state index < -0.39 is 130 Å². The van der Waals surface area contributed by atoms with E-state index in [2.05, 4.69) is 96.9 Å². The Morgan fingerprint density at radius 1 is 0.336 bits per heavy atom. The zero-order chi connectivity index (χ0) is 81.8. The summed E-state index contributed by atoms with van der Waals surface area (Å²) in [5.41, 5.74) is 4.88. The molecule has 22 nitrogen and oxygen atoms in total. The number of aliphatic hydroxyl groups excluding tert-OH is 1. The van der Waals surface area contributed by atoms with Gasteiger partial charge in [0.1, 0.15) is 48.8 Å². The average Bonchev–Trinajstić information content (AvgIpc) is 0.756. The zero-order valence-corrected chi connectivity index (χ0v) is 71.0. The van der Waals surface area contributed by atoms with Crippen molar-refractivity contribution < 1.29 is 105 Å². The second kappa shape index (κ2) is 41.6. The first-order valence-electron chi connectivity index (χ1n) is 43.3. The third-order valence-electron chi connectivity index (χ3n) is 27.0. The van der Waals surface area contributed by atoms with E-state index in [1.54, 1.807) is 0 Å². The van der Waals surface area contributed by atoms with Gasteiger partial charge in [0.05, 0.1) is 95.6 Å². The largest absolute Gasteiger partial charge is 0.457 e. The minimum Gasteiger partial charge on any atom is -0.457 e. The van der Waals surface area contributed by atoms with Crippen LogP contribution in [-0.2, 0) is 126 Å². The van der Waals surface area contributed by atoms with Crippen LogP contribution >= 0.6 is 0 Å². The van der Waals surface area contributed by atoms with Gasteiger partial charge in [0.25, 0.3) is 0 Å². The maximum Gasteiger partial charge on any atom is 0.303 e. The molecule has 5 aromatic carbocycles. The second-order valence-electron chi connectivity index (χ2n) is 34.5. The highest BCUT2D eigenvalue weighted by Crippen LogP contribution is 2.48. The lowest BCUT2D eigenvalue weighted by molar-refractivity contribution is -0.410. The van der Waals surface area contributed by atoms with E-state index in [9.17, 15) is 9.90 Å². The monoisotopic (exact) mass is 1610 g/mol. The standard InChI is InChI=1S/C94H132O22/c1-17-71-53(4)56(7)78(96)91(104-71)102-52-77-84(115-89-64(15)61(12)81-76(109-89)51-101-90(111-81)70-43-33-24-34-44-70)85(86(99-47-68-39-29-22-30-40-68)94(110-77)113-80-59(10)62(13)87(100-48-69-41-31-23-32-42-69)108-75(80)50-98-46-67-37-27-21-28-38-67)116-93-83(57(8)54(5)72(18-2)105-93)114-88-63(14)60(11)79(73(19-3)106-88)112-92-82(103-65(16)95)58(9)55(6)74(107-92)49-97-45-66-35-25-20-26-36-66/h20-44,53-64,71-94,96H,17-19,45-52H2,1-16H3/t53-,54+,55+,56-,57?,58-,59+,60+,61+,62?,63?,64?,71?,72?,73?,74?,75?,76?,77?,78?,79-,80-,81-,82?,83-,84+,85-,86?,87+,88-,89-,90?,91-,92-,93-,94-/m0/s1.